The van der Waals surface area contributed by atoms with Gasteiger partial charge in [0.25, 0.3) is 0 Å². The first-order valence-corrected chi connectivity index (χ1v) is 66.0. The van der Waals surface area contributed by atoms with Crippen molar-refractivity contribution in [3.63, 3.8) is 0 Å². The minimum Gasteiger partial charge on any atom is -0.497 e. The SMILES string of the molecule is C/C(=C\C(C)C)c1ccc(COC[SiH3])cc1.C/C=C(\C)c1ccc(C(=O)OC[SiH3])cc1.C/C=C(\C)c1ccc(COC[SiH3])cc1.C/C=C/c1ccc(COC[SiH3])cc1.C=C(C)c1ccc(C(=O)OC[SiH3])cc1.C=C(C)c1ccc(COC[SiH3])cc1.C=Cc1ccc(COC[SiH3])cc1.C=Cc1cccc2c(OC[SiH3])c3ccccc3cc12.CC/C=C(\C)c1ccc(C(=O)OC[SiH3])cc1.CC/C=C(\C)c1ccc(COC[SiH3])cc1. The van der Waals surface area contributed by atoms with Gasteiger partial charge >= 0.3 is 17.9 Å². The Morgan fingerprint density at radius 1 is 0.306 bits per heavy atom. The zero-order valence-electron chi connectivity index (χ0n) is 93.0. The molecule has 12 aromatic carbocycles. The third-order valence-electron chi connectivity index (χ3n) is 22.5. The van der Waals surface area contributed by atoms with Gasteiger partial charge in [0.05, 0.1) is 122 Å². The maximum absolute atomic E-state index is 11.4. The molecular formula is C124H170O13Si10. The molecule has 23 heteroatoms. The summed E-state index contributed by atoms with van der Waals surface area (Å²) in [6.45, 7) is 49.1. The van der Waals surface area contributed by atoms with Crippen LogP contribution in [-0.2, 0) is 82.3 Å². The molecule has 0 saturated carbocycles. The van der Waals surface area contributed by atoms with Crippen LogP contribution < -0.4 is 4.74 Å². The summed E-state index contributed by atoms with van der Waals surface area (Å²) in [6.07, 6.45) is 28.8. The van der Waals surface area contributed by atoms with E-state index < -0.39 is 0 Å². The maximum Gasteiger partial charge on any atom is 0.337 e. The Hall–Kier alpha value is -11.3. The normalized spacial score (nSPS) is 11.2. The number of esters is 3. The largest absolute Gasteiger partial charge is 0.497 e. The van der Waals surface area contributed by atoms with E-state index in [1.807, 2.05) is 120 Å². The predicted molar refractivity (Wildman–Crippen MR) is 672 cm³/mol. The molecule has 0 amide bonds. The molecule has 0 atom stereocenters. The van der Waals surface area contributed by atoms with E-state index in [2.05, 4.69) is 313 Å². The number of allylic oxidation sites excluding steroid dienone is 13. The van der Waals surface area contributed by atoms with Crippen molar-refractivity contribution in [2.75, 3.05) is 62.3 Å². The second-order valence-electron chi connectivity index (χ2n) is 34.4. The zero-order valence-corrected chi connectivity index (χ0v) is 113. The van der Waals surface area contributed by atoms with Gasteiger partial charge in [0.15, 0.2) is 0 Å². The molecule has 784 valence electrons. The van der Waals surface area contributed by atoms with Gasteiger partial charge < -0.3 is 47.4 Å². The number of hydrogen-bond donors (Lipinski definition) is 0. The Bertz CT molecular complexity index is 6000. The van der Waals surface area contributed by atoms with E-state index in [0.717, 1.165) is 243 Å². The van der Waals surface area contributed by atoms with E-state index in [0.29, 0.717) is 41.3 Å². The third-order valence-corrected chi connectivity index (χ3v) is 26.1. The summed E-state index contributed by atoms with van der Waals surface area (Å²) < 4.78 is 53.1. The summed E-state index contributed by atoms with van der Waals surface area (Å²) in [6, 6.07) is 90.3. The van der Waals surface area contributed by atoms with E-state index in [4.69, 9.17) is 47.4 Å². The molecule has 0 fully saturated rings. The predicted octanol–water partition coefficient (Wildman–Crippen LogP) is 19.3. The first-order valence-electron chi connectivity index (χ1n) is 51.9. The van der Waals surface area contributed by atoms with Crippen molar-refractivity contribution in [2.24, 2.45) is 5.92 Å². The third kappa shape index (κ3) is 52.4. The van der Waals surface area contributed by atoms with E-state index in [-0.39, 0.29) is 17.9 Å². The molecule has 13 nitrogen and oxygen atoms in total. The fourth-order valence-electron chi connectivity index (χ4n) is 14.1. The van der Waals surface area contributed by atoms with Crippen LogP contribution in [0.1, 0.15) is 230 Å². The van der Waals surface area contributed by atoms with E-state index >= 15 is 0 Å². The van der Waals surface area contributed by atoms with E-state index in [1.54, 1.807) is 12.1 Å². The highest BCUT2D eigenvalue weighted by Gasteiger charge is 2.13. The minimum atomic E-state index is -0.242. The number of ether oxygens (including phenoxy) is 10. The second-order valence-corrected chi connectivity index (χ2v) is 40.2. The molecule has 0 unspecified atom stereocenters. The van der Waals surface area contributed by atoms with Gasteiger partial charge in [0.2, 0.25) is 0 Å². The molecule has 0 aliphatic heterocycles. The van der Waals surface area contributed by atoms with Crippen LogP contribution in [0.25, 0.3) is 78.8 Å². The lowest BCUT2D eigenvalue weighted by Gasteiger charge is -2.13. The van der Waals surface area contributed by atoms with Crippen molar-refractivity contribution in [3.8, 4) is 5.75 Å². The number of carbonyl (C=O) groups is 3. The van der Waals surface area contributed by atoms with Gasteiger partial charge in [-0.2, -0.15) is 0 Å². The smallest absolute Gasteiger partial charge is 0.337 e. The molecular weight excluding hydrogens is 1980 g/mol. The fourth-order valence-corrected chi connectivity index (χ4v) is 16.4. The molecule has 147 heavy (non-hydrogen) atoms. The number of carbonyl (C=O) groups excluding carboxylic acids is 3. The van der Waals surface area contributed by atoms with Crippen LogP contribution in [0.5, 0.6) is 5.75 Å². The Labute approximate surface area is 912 Å². The summed E-state index contributed by atoms with van der Waals surface area (Å²) in [4.78, 5) is 34.1. The van der Waals surface area contributed by atoms with Crippen LogP contribution in [0.2, 0.25) is 0 Å². The van der Waals surface area contributed by atoms with E-state index in [9.17, 15) is 14.4 Å². The summed E-state index contributed by atoms with van der Waals surface area (Å²) >= 11 is 0. The lowest BCUT2D eigenvalue weighted by atomic mass is 9.98. The van der Waals surface area contributed by atoms with Crippen molar-refractivity contribution in [1.82, 2.24) is 0 Å². The van der Waals surface area contributed by atoms with Crippen LogP contribution in [0, 0.1) is 5.92 Å². The van der Waals surface area contributed by atoms with Crippen LogP contribution in [0.4, 0.5) is 0 Å². The maximum atomic E-state index is 11.4. The number of benzene rings is 12. The monoisotopic (exact) mass is 2150 g/mol. The highest BCUT2D eigenvalue weighted by atomic mass is 28.2. The summed E-state index contributed by atoms with van der Waals surface area (Å²) in [5, 5.41) is 4.79. The average Bonchev–Trinajstić information content (AvgIpc) is 0.764. The van der Waals surface area contributed by atoms with Crippen molar-refractivity contribution < 1.29 is 61.8 Å². The van der Waals surface area contributed by atoms with Crippen molar-refractivity contribution >= 4 is 199 Å². The Balaban J connectivity index is 0.000000421. The van der Waals surface area contributed by atoms with Crippen molar-refractivity contribution in [2.45, 2.75) is 149 Å². The topological polar surface area (TPSA) is 144 Å². The molecule has 0 radical (unpaired) electrons. The van der Waals surface area contributed by atoms with Crippen LogP contribution in [0.3, 0.4) is 0 Å². The summed E-state index contributed by atoms with van der Waals surface area (Å²) in [5.41, 5.74) is 30.0. The fraction of sp³-hybridized carbons (Fsp3) is 0.266. The van der Waals surface area contributed by atoms with Gasteiger partial charge in [-0.1, -0.05) is 344 Å². The van der Waals surface area contributed by atoms with Gasteiger partial charge in [-0.15, -0.1) is 0 Å². The Morgan fingerprint density at radius 2 is 0.592 bits per heavy atom. The molecule has 0 aliphatic rings. The highest BCUT2D eigenvalue weighted by Crippen LogP contribution is 2.37. The lowest BCUT2D eigenvalue weighted by molar-refractivity contribution is 0.0564. The number of rotatable bonds is 39. The molecule has 0 spiro atoms. The van der Waals surface area contributed by atoms with Crippen LogP contribution in [0.15, 0.2) is 330 Å². The van der Waals surface area contributed by atoms with Gasteiger partial charge in [-0.05, 0) is 258 Å². The standard InChI is InChI=1S/C17H16OSi.C14H22OSi.C13H18O2Si.C13H20OSi.C12H16O2Si.C12H18OSi.C11H14O2Si.2C11H16OSi.C10H14OSi/c1-2-12-7-5-9-15-16(12)10-13-6-3-4-8-14(13)17(15)18-11-19;1-11(2)8-12(3)14-6-4-13(5-7-14)9-15-10-16;1-3-4-10(2)11-5-7-12(8-6-11)13(14)15-9-16;1-3-4-11(2)13-7-5-12(6-8-13)9-14-10-15;1-3-9(2)10-4-6-11(7-5-10)12(13)14-8-15;1-3-10(2)12-6-4-11(5-7-12)8-13-9-14;1-8(2)9-3-5-10(6-4-9)11(12)13-7-14;1-9(2)11-5-3-10(4-6-11)7-12-8-13;1-2-3-10-4-6-11(7-5-10)8-12-9-13;1-2-9-3-5-10(6-4-9)7-11-8-12/h2-10H,1,11H2,19H3;4-8,11H,9-10H2,1-3,16H3;4-8H,3,9H2,1-2,16H3;4-8H,3,9-10H2,1-2,15H3;3-7H,8H2,1-2,15H3;3-7H,8-9H2,1-2,14H3;3-6H,1,7H2,2,14H3;3-6H,1,7-8H2,2,13H3;2-7H,8-9H2,1,13H3;2-6H,1,7-8H2,12H3/b;12-8+;10-4+;11-4+;9-3+;10-3+;;;3-2+;. The molecule has 0 heterocycles. The average molecular weight is 2150 g/mol. The second kappa shape index (κ2) is 78.9. The number of fused-ring (bicyclic) bond motifs is 2. The van der Waals surface area contributed by atoms with Crippen molar-refractivity contribution in [3.05, 3.63) is 435 Å². The van der Waals surface area contributed by atoms with E-state index in [1.165, 1.54) is 111 Å². The molecule has 12 rings (SSSR count). The van der Waals surface area contributed by atoms with Crippen molar-refractivity contribution in [1.29, 1.82) is 0 Å². The Morgan fingerprint density at radius 3 is 0.878 bits per heavy atom. The molecule has 0 bridgehead atoms. The van der Waals surface area contributed by atoms with Gasteiger partial charge in [0, 0.05) is 110 Å². The molecule has 0 aliphatic carbocycles. The minimum absolute atomic E-state index is 0.223. The molecule has 0 N–H and O–H groups in total. The summed E-state index contributed by atoms with van der Waals surface area (Å²) in [5.74, 6) is 0.918. The Kier molecular flexibility index (Phi) is 69.7. The quantitative estimate of drug-likeness (QED) is 0.0156. The van der Waals surface area contributed by atoms with Gasteiger partial charge in [-0.3, -0.25) is 0 Å². The van der Waals surface area contributed by atoms with Crippen LogP contribution >= 0.6 is 0 Å². The molecule has 0 aromatic heterocycles. The zero-order chi connectivity index (χ0) is 108. The molecule has 0 saturated heterocycles. The lowest BCUT2D eigenvalue weighted by Crippen LogP contribution is -2.05. The van der Waals surface area contributed by atoms with Gasteiger partial charge in [-0.25, -0.2) is 14.4 Å². The first kappa shape index (κ1) is 130. The first-order chi connectivity index (χ1) is 71.0. The summed E-state index contributed by atoms with van der Waals surface area (Å²) in [7, 11) is 10.3. The number of hydrogen-bond acceptors (Lipinski definition) is 13. The molecule has 12 aromatic rings. The van der Waals surface area contributed by atoms with Crippen LogP contribution in [-0.4, -0.2) is 183 Å². The highest BCUT2D eigenvalue weighted by molar-refractivity contribution is 6.12. The van der Waals surface area contributed by atoms with Gasteiger partial charge in [0.1, 0.15) is 5.75 Å².